The third-order valence-electron chi connectivity index (χ3n) is 5.20. The minimum atomic E-state index is -0.992. The van der Waals surface area contributed by atoms with Crippen molar-refractivity contribution < 1.29 is 34.1 Å². The molecule has 0 bridgehead atoms. The molecule has 0 atom stereocenters. The maximum atomic E-state index is 11.7. The Hall–Kier alpha value is -3.64. The van der Waals surface area contributed by atoms with Crippen LogP contribution in [0.4, 0.5) is 10.5 Å². The fourth-order valence-corrected chi connectivity index (χ4v) is 5.48. The number of aliphatic carboxylic acids is 1. The van der Waals surface area contributed by atoms with Crippen molar-refractivity contribution in [1.82, 2.24) is 10.3 Å². The first-order chi connectivity index (χ1) is 19.4. The molecule has 0 aliphatic carbocycles. The van der Waals surface area contributed by atoms with E-state index in [-0.39, 0.29) is 30.9 Å². The Morgan fingerprint density at radius 2 is 1.78 bits per heavy atom. The summed E-state index contributed by atoms with van der Waals surface area (Å²) < 4.78 is 7.14. The van der Waals surface area contributed by atoms with Crippen LogP contribution < -0.4 is 10.6 Å². The predicted octanol–water partition coefficient (Wildman–Crippen LogP) is 6.79. The standard InChI is InChI=1S/C16H20N2O3S2.C13H17NO4/c1-2-3-4-9-22-16-18-12-6-5-11(10-13(12)23-16)17-14(19)7-8-15(20)21;1-13(2,3)18-12(17)14-8-9-5-4-6-10(7-9)11(15)16/h5-6,10H,2-4,7-9H2,1H3,(H,17,19)(H,20,21);4-7H,8H2,1-3H3,(H,14,17)(H,15,16). The quantitative estimate of drug-likeness (QED) is 0.129. The Morgan fingerprint density at radius 3 is 2.44 bits per heavy atom. The number of alkyl carbamates (subject to hydrolysis) is 1. The molecule has 41 heavy (non-hydrogen) atoms. The van der Waals surface area contributed by atoms with Crippen LogP contribution in [0, 0.1) is 0 Å². The summed E-state index contributed by atoms with van der Waals surface area (Å²) in [7, 11) is 0. The van der Waals surface area contributed by atoms with Gasteiger partial charge in [0.2, 0.25) is 5.91 Å². The largest absolute Gasteiger partial charge is 0.481 e. The van der Waals surface area contributed by atoms with Crippen LogP contribution in [0.3, 0.4) is 0 Å². The molecule has 0 spiro atoms. The number of carbonyl (C=O) groups excluding carboxylic acids is 2. The molecule has 1 aromatic heterocycles. The zero-order valence-electron chi connectivity index (χ0n) is 23.7. The van der Waals surface area contributed by atoms with Crippen molar-refractivity contribution in [3.63, 3.8) is 0 Å². The van der Waals surface area contributed by atoms with Crippen molar-refractivity contribution in [1.29, 1.82) is 0 Å². The molecule has 222 valence electrons. The van der Waals surface area contributed by atoms with Crippen LogP contribution in [0.2, 0.25) is 0 Å². The molecule has 0 radical (unpaired) electrons. The van der Waals surface area contributed by atoms with E-state index in [9.17, 15) is 19.2 Å². The summed E-state index contributed by atoms with van der Waals surface area (Å²) >= 11 is 3.39. The molecule has 4 N–H and O–H groups in total. The van der Waals surface area contributed by atoms with Gasteiger partial charge in [0.05, 0.1) is 22.2 Å². The molecule has 3 rings (SSSR count). The number of amides is 2. The molecule has 12 heteroatoms. The lowest BCUT2D eigenvalue weighted by molar-refractivity contribution is -0.138. The number of benzene rings is 2. The maximum Gasteiger partial charge on any atom is 0.407 e. The molecular weight excluding hydrogens is 566 g/mol. The number of carbonyl (C=O) groups is 4. The Morgan fingerprint density at radius 1 is 1.02 bits per heavy atom. The molecule has 2 amide bonds. The second kappa shape index (κ2) is 16.6. The van der Waals surface area contributed by atoms with E-state index in [1.54, 1.807) is 62.1 Å². The molecular formula is C29H37N3O7S2. The second-order valence-corrected chi connectivity index (χ2v) is 12.4. The topological polar surface area (TPSA) is 155 Å². The van der Waals surface area contributed by atoms with Crippen LogP contribution in [0.5, 0.6) is 0 Å². The summed E-state index contributed by atoms with van der Waals surface area (Å²) in [5.41, 5.74) is 1.96. The van der Waals surface area contributed by atoms with Gasteiger partial charge in [-0.15, -0.1) is 11.3 Å². The Balaban J connectivity index is 0.000000296. The number of rotatable bonds is 12. The fourth-order valence-electron chi connectivity index (χ4n) is 3.30. The van der Waals surface area contributed by atoms with Crippen LogP contribution in [0.1, 0.15) is 75.7 Å². The van der Waals surface area contributed by atoms with E-state index in [1.165, 1.54) is 31.4 Å². The second-order valence-electron chi connectivity index (χ2n) is 10.0. The van der Waals surface area contributed by atoms with Gasteiger partial charge < -0.3 is 25.6 Å². The van der Waals surface area contributed by atoms with E-state index in [2.05, 4.69) is 22.5 Å². The van der Waals surface area contributed by atoms with Crippen molar-refractivity contribution in [2.75, 3.05) is 11.1 Å². The number of nitrogens with one attached hydrogen (secondary N) is 2. The first-order valence-electron chi connectivity index (χ1n) is 13.2. The average molecular weight is 604 g/mol. The number of thiazole rings is 1. The van der Waals surface area contributed by atoms with Crippen LogP contribution in [-0.2, 0) is 20.9 Å². The monoisotopic (exact) mass is 603 g/mol. The van der Waals surface area contributed by atoms with E-state index < -0.39 is 23.6 Å². The van der Waals surface area contributed by atoms with Crippen molar-refractivity contribution in [3.05, 3.63) is 53.6 Å². The number of fused-ring (bicyclic) bond motifs is 1. The maximum absolute atomic E-state index is 11.7. The van der Waals surface area contributed by atoms with E-state index in [1.807, 2.05) is 12.1 Å². The molecule has 0 unspecified atom stereocenters. The molecule has 0 saturated carbocycles. The summed E-state index contributed by atoms with van der Waals surface area (Å²) in [6, 6.07) is 12.0. The first-order valence-corrected chi connectivity index (χ1v) is 15.0. The molecule has 2 aromatic carbocycles. The van der Waals surface area contributed by atoms with Gasteiger partial charge in [-0.1, -0.05) is 43.7 Å². The van der Waals surface area contributed by atoms with Crippen LogP contribution in [0.15, 0.2) is 46.8 Å². The van der Waals surface area contributed by atoms with Crippen LogP contribution in [0.25, 0.3) is 10.2 Å². The number of hydrogen-bond donors (Lipinski definition) is 4. The summed E-state index contributed by atoms with van der Waals surface area (Å²) in [6.07, 6.45) is 2.95. The fraction of sp³-hybridized carbons (Fsp3) is 0.414. The number of nitrogens with zero attached hydrogens (tertiary/aromatic N) is 1. The Kier molecular flexibility index (Phi) is 13.6. The number of anilines is 1. The van der Waals surface area contributed by atoms with Gasteiger partial charge in [0.25, 0.3) is 0 Å². The smallest absolute Gasteiger partial charge is 0.407 e. The highest BCUT2D eigenvalue weighted by molar-refractivity contribution is 8.01. The highest BCUT2D eigenvalue weighted by Gasteiger charge is 2.16. The predicted molar refractivity (Wildman–Crippen MR) is 162 cm³/mol. The number of carboxylic acids is 2. The summed E-state index contributed by atoms with van der Waals surface area (Å²) in [6.45, 7) is 7.75. The van der Waals surface area contributed by atoms with Gasteiger partial charge in [-0.3, -0.25) is 9.59 Å². The SMILES string of the molecule is CC(C)(C)OC(=O)NCc1cccc(C(=O)O)c1.CCCCCSc1nc2ccc(NC(=O)CCC(=O)O)cc2s1. The molecule has 1 heterocycles. The van der Waals surface area contributed by atoms with Gasteiger partial charge in [-0.05, 0) is 63.1 Å². The summed E-state index contributed by atoms with van der Waals surface area (Å²) in [5, 5.41) is 22.7. The summed E-state index contributed by atoms with van der Waals surface area (Å²) in [5.74, 6) is -1.17. The zero-order valence-corrected chi connectivity index (χ0v) is 25.3. The number of unbranched alkanes of at least 4 members (excludes halogenated alkanes) is 2. The average Bonchev–Trinajstić information content (AvgIpc) is 3.30. The van der Waals surface area contributed by atoms with E-state index >= 15 is 0 Å². The lowest BCUT2D eigenvalue weighted by atomic mass is 10.1. The number of aromatic carboxylic acids is 1. The lowest BCUT2D eigenvalue weighted by Gasteiger charge is -2.19. The Labute approximate surface area is 247 Å². The third-order valence-corrected chi connectivity index (χ3v) is 7.45. The van der Waals surface area contributed by atoms with Gasteiger partial charge in [0.1, 0.15) is 5.60 Å². The van der Waals surface area contributed by atoms with Gasteiger partial charge >= 0.3 is 18.0 Å². The number of aromatic nitrogens is 1. The highest BCUT2D eigenvalue weighted by atomic mass is 32.2. The number of ether oxygens (including phenoxy) is 1. The van der Waals surface area contributed by atoms with E-state index in [0.717, 1.165) is 20.3 Å². The number of hydrogen-bond acceptors (Lipinski definition) is 8. The Bertz CT molecular complexity index is 1340. The van der Waals surface area contributed by atoms with Crippen molar-refractivity contribution in [2.24, 2.45) is 0 Å². The van der Waals surface area contributed by atoms with Gasteiger partial charge in [-0.25, -0.2) is 14.6 Å². The number of carboxylic acid groups (broad SMARTS) is 2. The number of thioether (sulfide) groups is 1. The molecule has 3 aromatic rings. The van der Waals surface area contributed by atoms with Gasteiger partial charge in [0.15, 0.2) is 4.34 Å². The molecule has 10 nitrogen and oxygen atoms in total. The van der Waals surface area contributed by atoms with Crippen LogP contribution in [-0.4, -0.2) is 50.5 Å². The van der Waals surface area contributed by atoms with E-state index in [0.29, 0.717) is 11.3 Å². The van der Waals surface area contributed by atoms with Crippen LogP contribution >= 0.6 is 23.1 Å². The van der Waals surface area contributed by atoms with Crippen molar-refractivity contribution in [2.45, 2.75) is 76.3 Å². The van der Waals surface area contributed by atoms with Crippen molar-refractivity contribution >= 4 is 62.9 Å². The molecule has 0 saturated heterocycles. The normalized spacial score (nSPS) is 10.8. The highest BCUT2D eigenvalue weighted by Crippen LogP contribution is 2.31. The van der Waals surface area contributed by atoms with Gasteiger partial charge in [0, 0.05) is 24.4 Å². The molecule has 0 aliphatic heterocycles. The third kappa shape index (κ3) is 13.5. The minimum absolute atomic E-state index is 0.0193. The van der Waals surface area contributed by atoms with Gasteiger partial charge in [-0.2, -0.15) is 0 Å². The van der Waals surface area contributed by atoms with Crippen molar-refractivity contribution in [3.8, 4) is 0 Å². The molecule has 0 fully saturated rings. The summed E-state index contributed by atoms with van der Waals surface area (Å²) in [4.78, 5) is 48.9. The molecule has 0 aliphatic rings. The first kappa shape index (κ1) is 33.6. The zero-order chi connectivity index (χ0) is 30.4. The lowest BCUT2D eigenvalue weighted by Crippen LogP contribution is -2.32. The minimum Gasteiger partial charge on any atom is -0.481 e. The van der Waals surface area contributed by atoms with E-state index in [4.69, 9.17) is 14.9 Å².